The average molecular weight is 271 g/mol. The smallest absolute Gasteiger partial charge is 0.254 e. The van der Waals surface area contributed by atoms with Gasteiger partial charge in [0.1, 0.15) is 5.82 Å². The van der Waals surface area contributed by atoms with Crippen molar-refractivity contribution in [2.45, 2.75) is 50.6 Å². The highest BCUT2D eigenvalue weighted by Crippen LogP contribution is 2.45. The molecule has 1 aliphatic carbocycles. The maximum Gasteiger partial charge on any atom is 0.254 e. The van der Waals surface area contributed by atoms with Crippen LogP contribution in [0.2, 0.25) is 0 Å². The van der Waals surface area contributed by atoms with Crippen molar-refractivity contribution in [1.82, 2.24) is 4.90 Å². The van der Waals surface area contributed by atoms with Crippen LogP contribution in [0.25, 0.3) is 0 Å². The summed E-state index contributed by atoms with van der Waals surface area (Å²) in [7, 11) is 0. The second-order valence-corrected chi connectivity index (χ2v) is 6.22. The summed E-state index contributed by atoms with van der Waals surface area (Å²) in [5.74, 6) is -0.207. The first-order valence-electron chi connectivity index (χ1n) is 7.50. The van der Waals surface area contributed by atoms with Crippen LogP contribution in [0.5, 0.6) is 0 Å². The summed E-state index contributed by atoms with van der Waals surface area (Å²) in [5, 5.41) is 0. The largest absolute Gasteiger partial charge is 0.332 e. The number of piperidine rings is 1. The van der Waals surface area contributed by atoms with Gasteiger partial charge < -0.3 is 4.90 Å². The maximum atomic E-state index is 13.0. The minimum Gasteiger partial charge on any atom is -0.332 e. The summed E-state index contributed by atoms with van der Waals surface area (Å²) < 4.78 is 13.0. The van der Waals surface area contributed by atoms with Crippen LogP contribution in [0, 0.1) is 5.82 Å². The van der Waals surface area contributed by atoms with E-state index in [1.165, 1.54) is 25.0 Å². The number of fused-ring (bicyclic) bond motifs is 2. The van der Waals surface area contributed by atoms with E-state index < -0.39 is 0 Å². The van der Waals surface area contributed by atoms with Crippen molar-refractivity contribution in [2.75, 3.05) is 0 Å². The molecule has 0 N–H and O–H groups in total. The molecule has 4 rings (SSSR count). The van der Waals surface area contributed by atoms with Crippen LogP contribution in [-0.2, 0) is 0 Å². The molecule has 2 heterocycles. The van der Waals surface area contributed by atoms with E-state index >= 15 is 0 Å². The minimum atomic E-state index is -0.288. The number of rotatable bonds is 1. The third-order valence-electron chi connectivity index (χ3n) is 4.91. The predicted octanol–water partition coefficient (Wildman–Crippen LogP) is 3.68. The standard InChI is InChI=1S/C17H18FNO/c18-14-5-3-12(4-6-14)17(20)19-15-7-8-16(19)10-13(9-15)11-1-2-11/h3-6,15-16H,1-2,7-10H2. The topological polar surface area (TPSA) is 20.3 Å². The van der Waals surface area contributed by atoms with Crippen molar-refractivity contribution in [3.05, 3.63) is 46.8 Å². The highest BCUT2D eigenvalue weighted by atomic mass is 19.1. The third-order valence-corrected chi connectivity index (χ3v) is 4.91. The quantitative estimate of drug-likeness (QED) is 0.713. The summed E-state index contributed by atoms with van der Waals surface area (Å²) in [5.41, 5.74) is 3.89. The Morgan fingerprint density at radius 2 is 1.60 bits per heavy atom. The van der Waals surface area contributed by atoms with Gasteiger partial charge in [0.15, 0.2) is 0 Å². The lowest BCUT2D eigenvalue weighted by Crippen LogP contribution is -2.44. The first-order valence-corrected chi connectivity index (χ1v) is 7.50. The van der Waals surface area contributed by atoms with Gasteiger partial charge in [0.05, 0.1) is 0 Å². The van der Waals surface area contributed by atoms with Crippen molar-refractivity contribution >= 4 is 5.91 Å². The zero-order chi connectivity index (χ0) is 13.7. The fourth-order valence-corrected chi connectivity index (χ4v) is 3.79. The Morgan fingerprint density at radius 3 is 2.15 bits per heavy atom. The molecule has 0 spiro atoms. The molecular formula is C17H18FNO. The number of carbonyl (C=O) groups excluding carboxylic acids is 1. The van der Waals surface area contributed by atoms with Crippen molar-refractivity contribution in [2.24, 2.45) is 0 Å². The molecule has 1 saturated carbocycles. The lowest BCUT2D eigenvalue weighted by molar-refractivity contribution is 0.0634. The number of hydrogen-bond donors (Lipinski definition) is 0. The van der Waals surface area contributed by atoms with Gasteiger partial charge >= 0.3 is 0 Å². The van der Waals surface area contributed by atoms with Gasteiger partial charge in [0.25, 0.3) is 5.91 Å². The molecule has 2 atom stereocenters. The lowest BCUT2D eigenvalue weighted by Gasteiger charge is -2.36. The van der Waals surface area contributed by atoms with Crippen LogP contribution in [0.1, 0.15) is 48.9 Å². The van der Waals surface area contributed by atoms with E-state index in [2.05, 4.69) is 4.90 Å². The molecular weight excluding hydrogens is 253 g/mol. The molecule has 2 nitrogen and oxygen atoms in total. The summed E-state index contributed by atoms with van der Waals surface area (Å²) in [6, 6.07) is 6.69. The molecule has 2 unspecified atom stereocenters. The number of benzene rings is 1. The van der Waals surface area contributed by atoms with Gasteiger partial charge in [-0.1, -0.05) is 11.1 Å². The number of amides is 1. The summed E-state index contributed by atoms with van der Waals surface area (Å²) >= 11 is 0. The molecule has 3 aliphatic rings. The highest BCUT2D eigenvalue weighted by Gasteiger charge is 2.42. The van der Waals surface area contributed by atoms with Crippen molar-refractivity contribution in [3.8, 4) is 0 Å². The molecule has 2 bridgehead atoms. The monoisotopic (exact) mass is 271 g/mol. The van der Waals surface area contributed by atoms with Crippen LogP contribution < -0.4 is 0 Å². The molecule has 104 valence electrons. The second kappa shape index (κ2) is 4.44. The Kier molecular flexibility index (Phi) is 2.69. The van der Waals surface area contributed by atoms with Crippen molar-refractivity contribution in [1.29, 1.82) is 0 Å². The Labute approximate surface area is 118 Å². The van der Waals surface area contributed by atoms with E-state index in [9.17, 15) is 9.18 Å². The minimum absolute atomic E-state index is 0.0809. The molecule has 3 heteroatoms. The molecule has 20 heavy (non-hydrogen) atoms. The van der Waals surface area contributed by atoms with Gasteiger partial charge in [-0.25, -0.2) is 4.39 Å². The van der Waals surface area contributed by atoms with Crippen LogP contribution in [-0.4, -0.2) is 22.9 Å². The molecule has 2 saturated heterocycles. The second-order valence-electron chi connectivity index (χ2n) is 6.22. The fraction of sp³-hybridized carbons (Fsp3) is 0.471. The first-order chi connectivity index (χ1) is 9.72. The van der Waals surface area contributed by atoms with Gasteiger partial charge in [-0.2, -0.15) is 0 Å². The highest BCUT2D eigenvalue weighted by molar-refractivity contribution is 5.95. The zero-order valence-electron chi connectivity index (χ0n) is 11.4. The van der Waals surface area contributed by atoms with E-state index in [-0.39, 0.29) is 11.7 Å². The van der Waals surface area contributed by atoms with Crippen LogP contribution in [0.3, 0.4) is 0 Å². The SMILES string of the molecule is O=C(c1ccc(F)cc1)N1C2CCC1CC(=C1CC1)C2. The Morgan fingerprint density at radius 1 is 1.00 bits per heavy atom. The molecule has 0 aromatic heterocycles. The number of carbonyl (C=O) groups is 1. The molecule has 1 aromatic carbocycles. The number of halogens is 1. The number of hydrogen-bond acceptors (Lipinski definition) is 1. The summed E-state index contributed by atoms with van der Waals surface area (Å²) in [6.07, 6.45) is 6.93. The van der Waals surface area contributed by atoms with Crippen LogP contribution in [0.15, 0.2) is 35.4 Å². The first kappa shape index (κ1) is 12.1. The normalized spacial score (nSPS) is 27.9. The van der Waals surface area contributed by atoms with Crippen LogP contribution in [0.4, 0.5) is 4.39 Å². The van der Waals surface area contributed by atoms with Crippen LogP contribution >= 0.6 is 0 Å². The van der Waals surface area contributed by atoms with Crippen molar-refractivity contribution in [3.63, 3.8) is 0 Å². The summed E-state index contributed by atoms with van der Waals surface area (Å²) in [6.45, 7) is 0. The molecule has 3 fully saturated rings. The number of allylic oxidation sites excluding steroid dienone is 1. The average Bonchev–Trinajstić information content (AvgIpc) is 3.25. The lowest BCUT2D eigenvalue weighted by atomic mass is 9.95. The number of nitrogens with zero attached hydrogens (tertiary/aromatic N) is 1. The van der Waals surface area contributed by atoms with E-state index in [4.69, 9.17) is 0 Å². The zero-order valence-corrected chi connectivity index (χ0v) is 11.4. The Bertz CT molecular complexity index is 568. The molecule has 1 aromatic rings. The summed E-state index contributed by atoms with van der Waals surface area (Å²) in [4.78, 5) is 14.7. The van der Waals surface area contributed by atoms with Gasteiger partial charge in [-0.3, -0.25) is 4.79 Å². The van der Waals surface area contributed by atoms with Gasteiger partial charge in [0, 0.05) is 17.6 Å². The van der Waals surface area contributed by atoms with E-state index in [1.807, 2.05) is 0 Å². The van der Waals surface area contributed by atoms with E-state index in [0.717, 1.165) is 25.7 Å². The molecule has 2 aliphatic heterocycles. The Balaban J connectivity index is 1.59. The fourth-order valence-electron chi connectivity index (χ4n) is 3.79. The van der Waals surface area contributed by atoms with E-state index in [0.29, 0.717) is 17.6 Å². The predicted molar refractivity (Wildman–Crippen MR) is 74.9 cm³/mol. The Hall–Kier alpha value is -1.64. The maximum absolute atomic E-state index is 13.0. The van der Waals surface area contributed by atoms with Crippen molar-refractivity contribution < 1.29 is 9.18 Å². The van der Waals surface area contributed by atoms with Gasteiger partial charge in [-0.15, -0.1) is 0 Å². The third kappa shape index (κ3) is 1.96. The molecule has 1 amide bonds. The van der Waals surface area contributed by atoms with Gasteiger partial charge in [-0.05, 0) is 62.8 Å². The van der Waals surface area contributed by atoms with Gasteiger partial charge in [0.2, 0.25) is 0 Å². The molecule has 0 radical (unpaired) electrons. The van der Waals surface area contributed by atoms with E-state index in [1.54, 1.807) is 23.3 Å².